The highest BCUT2D eigenvalue weighted by Crippen LogP contribution is 2.19. The lowest BCUT2D eigenvalue weighted by Gasteiger charge is -2.19. The van der Waals surface area contributed by atoms with Gasteiger partial charge in [-0.05, 0) is 30.2 Å². The highest BCUT2D eigenvalue weighted by Gasteiger charge is 2.17. The average molecular weight is 279 g/mol. The largest absolute Gasteiger partial charge is 0.460 e. The monoisotopic (exact) mass is 279 g/mol. The minimum Gasteiger partial charge on any atom is -0.460 e. The first-order valence-electron chi connectivity index (χ1n) is 6.88. The Morgan fingerprint density at radius 2 is 2.10 bits per heavy atom. The molecular weight excluding hydrogens is 258 g/mol. The van der Waals surface area contributed by atoms with Gasteiger partial charge in [-0.25, -0.2) is 4.79 Å². The quantitative estimate of drug-likeness (QED) is 0.599. The molecule has 0 saturated carbocycles. The number of nitrogens with one attached hydrogen (secondary N) is 1. The van der Waals surface area contributed by atoms with E-state index in [0.29, 0.717) is 25.4 Å². The number of methoxy groups -OCH3 is 1. The first kappa shape index (κ1) is 15.0. The Morgan fingerprint density at radius 3 is 2.95 bits per heavy atom. The van der Waals surface area contributed by atoms with Crippen LogP contribution in [-0.2, 0) is 27.2 Å². The van der Waals surface area contributed by atoms with Crippen molar-refractivity contribution < 1.29 is 19.0 Å². The van der Waals surface area contributed by atoms with Gasteiger partial charge in [-0.1, -0.05) is 12.1 Å². The van der Waals surface area contributed by atoms with E-state index in [1.807, 2.05) is 18.2 Å². The molecule has 1 aliphatic rings. The average Bonchev–Trinajstić information content (AvgIpc) is 2.50. The third-order valence-electron chi connectivity index (χ3n) is 3.25. The van der Waals surface area contributed by atoms with Crippen LogP contribution in [0.4, 0.5) is 0 Å². The number of hydrogen-bond donors (Lipinski definition) is 1. The van der Waals surface area contributed by atoms with Gasteiger partial charge in [0.05, 0.1) is 25.4 Å². The van der Waals surface area contributed by atoms with Crippen molar-refractivity contribution in [3.8, 4) is 0 Å². The molecule has 5 nitrogen and oxygen atoms in total. The summed E-state index contributed by atoms with van der Waals surface area (Å²) in [4.78, 5) is 12.1. The molecular formula is C15H21NO4. The van der Waals surface area contributed by atoms with Crippen LogP contribution in [0, 0.1) is 0 Å². The SMILES string of the molecule is COCCOCCOC(=O)c1cccc2c1CCNC2. The third kappa shape index (κ3) is 4.03. The summed E-state index contributed by atoms with van der Waals surface area (Å²) in [5.74, 6) is -0.265. The van der Waals surface area contributed by atoms with E-state index in [9.17, 15) is 4.79 Å². The molecule has 0 unspecified atom stereocenters. The summed E-state index contributed by atoms with van der Waals surface area (Å²) in [7, 11) is 1.62. The summed E-state index contributed by atoms with van der Waals surface area (Å²) in [5.41, 5.74) is 2.97. The number of carbonyl (C=O) groups is 1. The first-order chi connectivity index (χ1) is 9.83. The summed E-state index contributed by atoms with van der Waals surface area (Å²) in [6, 6.07) is 5.78. The smallest absolute Gasteiger partial charge is 0.338 e. The minimum atomic E-state index is -0.265. The molecule has 0 saturated heterocycles. The van der Waals surface area contributed by atoms with Gasteiger partial charge in [-0.15, -0.1) is 0 Å². The molecule has 0 radical (unpaired) electrons. The standard InChI is InChI=1S/C15H21NO4/c1-18-7-8-19-9-10-20-15(17)14-4-2-3-12-11-16-6-5-13(12)14/h2-4,16H,5-11H2,1H3. The molecule has 0 bridgehead atoms. The minimum absolute atomic E-state index is 0.265. The molecule has 5 heteroatoms. The number of rotatable bonds is 7. The molecule has 0 amide bonds. The second kappa shape index (κ2) is 7.99. The van der Waals surface area contributed by atoms with Crippen molar-refractivity contribution in [2.75, 3.05) is 40.1 Å². The van der Waals surface area contributed by atoms with Crippen LogP contribution in [0.5, 0.6) is 0 Å². The Kier molecular flexibility index (Phi) is 5.98. The molecule has 1 heterocycles. The molecule has 1 aromatic carbocycles. The summed E-state index contributed by atoms with van der Waals surface area (Å²) in [6.07, 6.45) is 0.866. The lowest BCUT2D eigenvalue weighted by Crippen LogP contribution is -2.26. The molecule has 1 aromatic rings. The molecule has 0 aromatic heterocycles. The van der Waals surface area contributed by atoms with Crippen molar-refractivity contribution in [1.29, 1.82) is 0 Å². The van der Waals surface area contributed by atoms with Crippen LogP contribution in [0.25, 0.3) is 0 Å². The van der Waals surface area contributed by atoms with E-state index in [-0.39, 0.29) is 12.6 Å². The van der Waals surface area contributed by atoms with Gasteiger partial charge in [0.25, 0.3) is 0 Å². The van der Waals surface area contributed by atoms with Crippen LogP contribution in [0.15, 0.2) is 18.2 Å². The molecule has 1 aliphatic heterocycles. The van der Waals surface area contributed by atoms with E-state index in [4.69, 9.17) is 14.2 Å². The van der Waals surface area contributed by atoms with Crippen LogP contribution in [0.2, 0.25) is 0 Å². The lowest BCUT2D eigenvalue weighted by molar-refractivity contribution is 0.0213. The molecule has 1 N–H and O–H groups in total. The van der Waals surface area contributed by atoms with E-state index in [1.165, 1.54) is 5.56 Å². The summed E-state index contributed by atoms with van der Waals surface area (Å²) >= 11 is 0. The maximum atomic E-state index is 12.1. The van der Waals surface area contributed by atoms with Gasteiger partial charge in [0.2, 0.25) is 0 Å². The fraction of sp³-hybridized carbons (Fsp3) is 0.533. The Balaban J connectivity index is 1.83. The first-order valence-corrected chi connectivity index (χ1v) is 6.88. The Morgan fingerprint density at radius 1 is 1.25 bits per heavy atom. The molecule has 0 fully saturated rings. The van der Waals surface area contributed by atoms with E-state index in [0.717, 1.165) is 25.1 Å². The number of benzene rings is 1. The van der Waals surface area contributed by atoms with Crippen LogP contribution in [-0.4, -0.2) is 46.1 Å². The highest BCUT2D eigenvalue weighted by atomic mass is 16.6. The second-order valence-electron chi connectivity index (χ2n) is 4.61. The zero-order valence-corrected chi connectivity index (χ0v) is 11.8. The molecule has 0 aliphatic carbocycles. The van der Waals surface area contributed by atoms with Gasteiger partial charge < -0.3 is 19.5 Å². The van der Waals surface area contributed by atoms with E-state index in [1.54, 1.807) is 7.11 Å². The fourth-order valence-electron chi connectivity index (χ4n) is 2.24. The van der Waals surface area contributed by atoms with Crippen molar-refractivity contribution in [1.82, 2.24) is 5.32 Å². The molecule has 20 heavy (non-hydrogen) atoms. The zero-order valence-electron chi connectivity index (χ0n) is 11.8. The van der Waals surface area contributed by atoms with Crippen molar-refractivity contribution >= 4 is 5.97 Å². The highest BCUT2D eigenvalue weighted by molar-refractivity contribution is 5.91. The van der Waals surface area contributed by atoms with Crippen molar-refractivity contribution in [3.05, 3.63) is 34.9 Å². The van der Waals surface area contributed by atoms with E-state index < -0.39 is 0 Å². The summed E-state index contributed by atoms with van der Waals surface area (Å²) < 4.78 is 15.4. The zero-order chi connectivity index (χ0) is 14.2. The lowest BCUT2D eigenvalue weighted by atomic mass is 9.95. The predicted octanol–water partition coefficient (Wildman–Crippen LogP) is 1.15. The maximum Gasteiger partial charge on any atom is 0.338 e. The predicted molar refractivity (Wildman–Crippen MR) is 74.8 cm³/mol. The molecule has 110 valence electrons. The second-order valence-corrected chi connectivity index (χ2v) is 4.61. The van der Waals surface area contributed by atoms with Crippen molar-refractivity contribution in [2.24, 2.45) is 0 Å². The number of esters is 1. The normalized spacial score (nSPS) is 13.8. The van der Waals surface area contributed by atoms with Gasteiger partial charge in [0.1, 0.15) is 6.61 Å². The van der Waals surface area contributed by atoms with Crippen molar-refractivity contribution in [3.63, 3.8) is 0 Å². The van der Waals surface area contributed by atoms with Gasteiger partial charge >= 0.3 is 5.97 Å². The molecule has 2 rings (SSSR count). The van der Waals surface area contributed by atoms with Crippen LogP contribution >= 0.6 is 0 Å². The summed E-state index contributed by atoms with van der Waals surface area (Å²) in [6.45, 7) is 3.44. The van der Waals surface area contributed by atoms with E-state index in [2.05, 4.69) is 5.32 Å². The van der Waals surface area contributed by atoms with E-state index >= 15 is 0 Å². The number of hydrogen-bond acceptors (Lipinski definition) is 5. The maximum absolute atomic E-state index is 12.1. The Hall–Kier alpha value is -1.43. The number of ether oxygens (including phenoxy) is 3. The van der Waals surface area contributed by atoms with Gasteiger partial charge in [0.15, 0.2) is 0 Å². The van der Waals surface area contributed by atoms with Gasteiger partial charge in [0, 0.05) is 13.7 Å². The van der Waals surface area contributed by atoms with Crippen LogP contribution in [0.1, 0.15) is 21.5 Å². The van der Waals surface area contributed by atoms with Gasteiger partial charge in [-0.3, -0.25) is 0 Å². The fourth-order valence-corrected chi connectivity index (χ4v) is 2.24. The number of carbonyl (C=O) groups excluding carboxylic acids is 1. The third-order valence-corrected chi connectivity index (χ3v) is 3.25. The Bertz CT molecular complexity index is 447. The molecule has 0 atom stereocenters. The van der Waals surface area contributed by atoms with Crippen LogP contribution in [0.3, 0.4) is 0 Å². The van der Waals surface area contributed by atoms with Crippen molar-refractivity contribution in [2.45, 2.75) is 13.0 Å². The topological polar surface area (TPSA) is 56.8 Å². The Labute approximate surface area is 119 Å². The molecule has 0 spiro atoms. The number of fused-ring (bicyclic) bond motifs is 1. The van der Waals surface area contributed by atoms with Crippen LogP contribution < -0.4 is 5.32 Å². The summed E-state index contributed by atoms with van der Waals surface area (Å²) in [5, 5.41) is 3.29. The van der Waals surface area contributed by atoms with Gasteiger partial charge in [-0.2, -0.15) is 0 Å².